The molecule has 0 saturated carbocycles. The van der Waals surface area contributed by atoms with Crippen molar-refractivity contribution in [2.75, 3.05) is 18.0 Å². The molecule has 0 fully saturated rings. The van der Waals surface area contributed by atoms with Crippen LogP contribution in [0.5, 0.6) is 0 Å². The van der Waals surface area contributed by atoms with E-state index in [-0.39, 0.29) is 16.7 Å². The lowest BCUT2D eigenvalue weighted by Crippen LogP contribution is -2.21. The second-order valence-electron chi connectivity index (χ2n) is 7.25. The lowest BCUT2D eigenvalue weighted by Gasteiger charge is -2.17. The second-order valence-corrected chi connectivity index (χ2v) is 8.59. The average Bonchev–Trinajstić information content (AvgIpc) is 3.49. The van der Waals surface area contributed by atoms with E-state index in [9.17, 15) is 18.9 Å². The van der Waals surface area contributed by atoms with Crippen LogP contribution in [0.25, 0.3) is 0 Å². The zero-order chi connectivity index (χ0) is 26.1. The van der Waals surface area contributed by atoms with Crippen molar-refractivity contribution in [3.63, 3.8) is 0 Å². The Morgan fingerprint density at radius 3 is 1.68 bits per heavy atom. The molecule has 0 amide bonds. The Bertz CT molecular complexity index is 1270. The topological polar surface area (TPSA) is 139 Å². The standard InChI is InChI=1S/C24H19N2O10P/c27-22(18-9-3-1-4-10-18)31-34-37(30,35-32-23(28)19-11-5-2-6-12-19)36-33-24(29)20-13-7-8-14-21(20)26-16-15-25-17-26/h1-14,17H,15-16H2. The number of hydrogen-bond donors (Lipinski definition) is 0. The molecule has 3 aromatic carbocycles. The number of anilines is 1. The molecule has 37 heavy (non-hydrogen) atoms. The monoisotopic (exact) mass is 526 g/mol. The summed E-state index contributed by atoms with van der Waals surface area (Å²) in [5.74, 6) is -3.24. The fourth-order valence-electron chi connectivity index (χ4n) is 3.02. The summed E-state index contributed by atoms with van der Waals surface area (Å²) < 4.78 is 26.7. The normalized spacial score (nSPS) is 12.7. The van der Waals surface area contributed by atoms with E-state index in [1.807, 2.05) is 0 Å². The number of carbonyl (C=O) groups is 3. The van der Waals surface area contributed by atoms with Crippen molar-refractivity contribution in [1.29, 1.82) is 0 Å². The van der Waals surface area contributed by atoms with Gasteiger partial charge in [0.15, 0.2) is 0 Å². The van der Waals surface area contributed by atoms with Crippen LogP contribution in [0.2, 0.25) is 0 Å². The highest BCUT2D eigenvalue weighted by atomic mass is 31.2. The van der Waals surface area contributed by atoms with Crippen LogP contribution in [0.3, 0.4) is 0 Å². The highest BCUT2D eigenvalue weighted by Crippen LogP contribution is 2.50. The number of nitrogens with zero attached hydrogens (tertiary/aromatic N) is 2. The summed E-state index contributed by atoms with van der Waals surface area (Å²) in [5, 5.41) is 0. The van der Waals surface area contributed by atoms with Gasteiger partial charge in [-0.05, 0) is 36.4 Å². The number of benzene rings is 3. The average molecular weight is 526 g/mol. The van der Waals surface area contributed by atoms with Crippen molar-refractivity contribution in [2.45, 2.75) is 0 Å². The highest BCUT2D eigenvalue weighted by Gasteiger charge is 2.38. The maximum atomic E-state index is 13.0. The molecule has 0 spiro atoms. The van der Waals surface area contributed by atoms with Crippen LogP contribution in [-0.4, -0.2) is 37.3 Å². The van der Waals surface area contributed by atoms with Gasteiger partial charge in [0.05, 0.1) is 35.3 Å². The lowest BCUT2D eigenvalue weighted by molar-refractivity contribution is -0.270. The maximum Gasteiger partial charge on any atom is 0.584 e. The van der Waals surface area contributed by atoms with Gasteiger partial charge in [0.2, 0.25) is 0 Å². The predicted molar refractivity (Wildman–Crippen MR) is 127 cm³/mol. The van der Waals surface area contributed by atoms with Crippen LogP contribution in [0.4, 0.5) is 5.69 Å². The van der Waals surface area contributed by atoms with E-state index in [0.29, 0.717) is 18.8 Å². The summed E-state index contributed by atoms with van der Waals surface area (Å²) in [7, 11) is -5.15. The number of para-hydroxylation sites is 1. The van der Waals surface area contributed by atoms with Crippen LogP contribution in [0, 0.1) is 0 Å². The zero-order valence-corrected chi connectivity index (χ0v) is 19.9. The minimum absolute atomic E-state index is 0.0324. The minimum atomic E-state index is -5.15. The third-order valence-electron chi connectivity index (χ3n) is 4.76. The van der Waals surface area contributed by atoms with Gasteiger partial charge in [-0.15, -0.1) is 0 Å². The first-order chi connectivity index (χ1) is 18.0. The Kier molecular flexibility index (Phi) is 8.39. The molecular formula is C24H19N2O10P. The number of carbonyl (C=O) groups excluding carboxylic acids is 3. The first-order valence-electron chi connectivity index (χ1n) is 10.7. The number of aliphatic imine (C=N–C) groups is 1. The summed E-state index contributed by atoms with van der Waals surface area (Å²) >= 11 is 0. The fraction of sp³-hybridized carbons (Fsp3) is 0.0833. The largest absolute Gasteiger partial charge is 0.584 e. The van der Waals surface area contributed by atoms with Crippen molar-refractivity contribution in [3.05, 3.63) is 102 Å². The van der Waals surface area contributed by atoms with Gasteiger partial charge in [0.25, 0.3) is 0 Å². The van der Waals surface area contributed by atoms with E-state index in [1.165, 1.54) is 30.3 Å². The molecule has 3 aromatic rings. The van der Waals surface area contributed by atoms with E-state index >= 15 is 0 Å². The van der Waals surface area contributed by atoms with Gasteiger partial charge in [0.1, 0.15) is 0 Å². The molecule has 4 rings (SSSR count). The van der Waals surface area contributed by atoms with Crippen molar-refractivity contribution in [1.82, 2.24) is 0 Å². The first-order valence-corrected chi connectivity index (χ1v) is 12.2. The molecule has 0 aliphatic carbocycles. The van der Waals surface area contributed by atoms with Crippen molar-refractivity contribution in [3.8, 4) is 0 Å². The molecule has 190 valence electrons. The lowest BCUT2D eigenvalue weighted by atomic mass is 10.1. The Balaban J connectivity index is 1.46. The Hall–Kier alpha value is -4.35. The SMILES string of the molecule is O=C(OOP(=O)(OOC(=O)c1ccccc1)OOC(=O)c1ccccc1N1C=NCC1)c1ccccc1. The molecule has 13 heteroatoms. The van der Waals surface area contributed by atoms with E-state index in [2.05, 4.69) is 33.7 Å². The Morgan fingerprint density at radius 1 is 0.676 bits per heavy atom. The molecule has 0 bridgehead atoms. The van der Waals surface area contributed by atoms with Crippen LogP contribution >= 0.6 is 7.82 Å². The van der Waals surface area contributed by atoms with Crippen LogP contribution < -0.4 is 4.90 Å². The van der Waals surface area contributed by atoms with Crippen LogP contribution in [-0.2, 0) is 33.3 Å². The highest BCUT2D eigenvalue weighted by molar-refractivity contribution is 7.48. The van der Waals surface area contributed by atoms with Crippen LogP contribution in [0.15, 0.2) is 89.9 Å². The van der Waals surface area contributed by atoms with Gasteiger partial charge in [-0.3, -0.25) is 19.7 Å². The first kappa shape index (κ1) is 25.7. The van der Waals surface area contributed by atoms with E-state index in [1.54, 1.807) is 65.8 Å². The van der Waals surface area contributed by atoms with Gasteiger partial charge in [-0.2, -0.15) is 0 Å². The van der Waals surface area contributed by atoms with Gasteiger partial charge >= 0.3 is 25.7 Å². The summed E-state index contributed by atoms with van der Waals surface area (Å²) in [6.45, 7) is 1.07. The molecule has 1 heterocycles. The van der Waals surface area contributed by atoms with E-state index in [4.69, 9.17) is 0 Å². The third kappa shape index (κ3) is 6.87. The predicted octanol–water partition coefficient (Wildman–Crippen LogP) is 4.31. The molecule has 0 saturated heterocycles. The second kappa shape index (κ2) is 12.1. The zero-order valence-electron chi connectivity index (χ0n) is 19.0. The summed E-state index contributed by atoms with van der Waals surface area (Å²) in [4.78, 5) is 56.6. The quantitative estimate of drug-likeness (QED) is 0.212. The molecule has 0 atom stereocenters. The van der Waals surface area contributed by atoms with Gasteiger partial charge < -0.3 is 4.90 Å². The smallest absolute Gasteiger partial charge is 0.330 e. The minimum Gasteiger partial charge on any atom is -0.330 e. The summed E-state index contributed by atoms with van der Waals surface area (Å²) in [6.07, 6.45) is 1.55. The van der Waals surface area contributed by atoms with Crippen molar-refractivity contribution >= 4 is 37.8 Å². The molecule has 12 nitrogen and oxygen atoms in total. The van der Waals surface area contributed by atoms with Gasteiger partial charge in [-0.25, -0.2) is 18.9 Å². The maximum absolute atomic E-state index is 13.0. The number of phosphoric acid groups is 1. The molecule has 0 unspecified atom stereocenters. The molecule has 1 aliphatic rings. The van der Waals surface area contributed by atoms with Crippen molar-refractivity contribution in [2.24, 2.45) is 4.99 Å². The Morgan fingerprint density at radius 2 is 1.16 bits per heavy atom. The molecule has 0 aromatic heterocycles. The fourth-order valence-corrected chi connectivity index (χ4v) is 3.58. The molecule has 1 aliphatic heterocycles. The van der Waals surface area contributed by atoms with Crippen LogP contribution in [0.1, 0.15) is 31.1 Å². The number of hydrogen-bond acceptors (Lipinski definition) is 12. The third-order valence-corrected chi connectivity index (χ3v) is 5.53. The summed E-state index contributed by atoms with van der Waals surface area (Å²) in [5.41, 5.74) is 0.548. The molecule has 0 N–H and O–H groups in total. The van der Waals surface area contributed by atoms with Gasteiger partial charge in [-0.1, -0.05) is 62.6 Å². The van der Waals surface area contributed by atoms with E-state index in [0.717, 1.165) is 0 Å². The van der Waals surface area contributed by atoms with E-state index < -0.39 is 25.7 Å². The number of rotatable bonds is 10. The molecule has 0 radical (unpaired) electrons. The van der Waals surface area contributed by atoms with Crippen molar-refractivity contribution < 1.29 is 47.6 Å². The molecular weight excluding hydrogens is 507 g/mol. The summed E-state index contributed by atoms with van der Waals surface area (Å²) in [6, 6.07) is 21.4. The Labute approximate surface area is 210 Å². The van der Waals surface area contributed by atoms with Gasteiger partial charge in [0, 0.05) is 6.54 Å².